The summed E-state index contributed by atoms with van der Waals surface area (Å²) in [6, 6.07) is 1.93. The molecule has 0 fully saturated rings. The molecule has 1 aromatic heterocycles. The molecule has 23 heavy (non-hydrogen) atoms. The average Bonchev–Trinajstić information content (AvgIpc) is 2.76. The van der Waals surface area contributed by atoms with E-state index < -0.39 is 5.41 Å². The van der Waals surface area contributed by atoms with Crippen molar-refractivity contribution in [1.29, 1.82) is 0 Å². The van der Waals surface area contributed by atoms with Crippen LogP contribution in [-0.2, 0) is 18.4 Å². The van der Waals surface area contributed by atoms with E-state index in [4.69, 9.17) is 11.6 Å². The van der Waals surface area contributed by atoms with Crippen molar-refractivity contribution in [2.45, 2.75) is 20.4 Å². The van der Waals surface area contributed by atoms with Gasteiger partial charge in [0, 0.05) is 46.6 Å². The van der Waals surface area contributed by atoms with Gasteiger partial charge in [0.15, 0.2) is 5.96 Å². The largest absolute Gasteiger partial charge is 0.359 e. The molecule has 0 aliphatic heterocycles. The van der Waals surface area contributed by atoms with Crippen molar-refractivity contribution in [3.63, 3.8) is 0 Å². The maximum Gasteiger partial charge on any atom is 0.227 e. The van der Waals surface area contributed by atoms with Gasteiger partial charge in [-0.3, -0.25) is 9.79 Å². The highest BCUT2D eigenvalue weighted by atomic mass is 127. The summed E-state index contributed by atoms with van der Waals surface area (Å²) in [5, 5.41) is 6.64. The number of rotatable bonds is 5. The van der Waals surface area contributed by atoms with Crippen LogP contribution in [0.15, 0.2) is 17.3 Å². The maximum absolute atomic E-state index is 11.8. The van der Waals surface area contributed by atoms with E-state index in [0.29, 0.717) is 13.1 Å². The third-order valence-corrected chi connectivity index (χ3v) is 3.78. The number of carbonyl (C=O) groups excluding carboxylic acids is 1. The Balaban J connectivity index is 0.00000484. The molecule has 0 saturated carbocycles. The second kappa shape index (κ2) is 9.36. The first-order valence-electron chi connectivity index (χ1n) is 7.16. The quantitative estimate of drug-likeness (QED) is 0.406. The van der Waals surface area contributed by atoms with Crippen molar-refractivity contribution < 1.29 is 4.79 Å². The van der Waals surface area contributed by atoms with Gasteiger partial charge >= 0.3 is 0 Å². The van der Waals surface area contributed by atoms with Gasteiger partial charge in [0.1, 0.15) is 0 Å². The Morgan fingerprint density at radius 2 is 2.09 bits per heavy atom. The minimum atomic E-state index is -0.514. The van der Waals surface area contributed by atoms with E-state index in [1.165, 1.54) is 0 Å². The molecule has 0 spiro atoms. The normalized spacial score (nSPS) is 11.7. The van der Waals surface area contributed by atoms with Gasteiger partial charge in [-0.15, -0.1) is 24.0 Å². The molecule has 0 atom stereocenters. The molecule has 0 radical (unpaired) electrons. The molecular formula is C15H27ClIN5O. The van der Waals surface area contributed by atoms with Crippen molar-refractivity contribution >= 4 is 47.4 Å². The predicted molar refractivity (Wildman–Crippen MR) is 107 cm³/mol. The zero-order chi connectivity index (χ0) is 16.9. The van der Waals surface area contributed by atoms with E-state index in [1.54, 1.807) is 14.1 Å². The number of halogens is 2. The zero-order valence-electron chi connectivity index (χ0n) is 14.6. The summed E-state index contributed by atoms with van der Waals surface area (Å²) >= 11 is 6.00. The monoisotopic (exact) mass is 455 g/mol. The zero-order valence-corrected chi connectivity index (χ0v) is 17.7. The Hall–Kier alpha value is -0.960. The van der Waals surface area contributed by atoms with Crippen LogP contribution in [0, 0.1) is 5.41 Å². The van der Waals surface area contributed by atoms with Gasteiger partial charge in [-0.2, -0.15) is 0 Å². The lowest BCUT2D eigenvalue weighted by molar-refractivity contribution is -0.128. The van der Waals surface area contributed by atoms with Crippen LogP contribution in [-0.4, -0.2) is 49.0 Å². The van der Waals surface area contributed by atoms with Crippen molar-refractivity contribution in [2.75, 3.05) is 27.7 Å². The molecule has 6 nitrogen and oxygen atoms in total. The summed E-state index contributed by atoms with van der Waals surface area (Å²) in [5.74, 6) is 0.724. The van der Waals surface area contributed by atoms with Crippen LogP contribution in [0.2, 0.25) is 5.02 Å². The standard InChI is InChI=1S/C15H26ClN5O.HI/c1-15(2,13(22)17-3)10-19-14(18-4)21(6)9-12-7-11(16)8-20(12)5;/h7-8H,9-10H2,1-6H3,(H,17,22)(H,18,19);1H. The van der Waals surface area contributed by atoms with Crippen LogP contribution < -0.4 is 10.6 Å². The molecule has 8 heteroatoms. The van der Waals surface area contributed by atoms with E-state index in [1.807, 2.05) is 49.7 Å². The summed E-state index contributed by atoms with van der Waals surface area (Å²) in [7, 11) is 7.27. The molecule has 1 rings (SSSR count). The number of aromatic nitrogens is 1. The van der Waals surface area contributed by atoms with Crippen LogP contribution >= 0.6 is 35.6 Å². The van der Waals surface area contributed by atoms with E-state index in [2.05, 4.69) is 15.6 Å². The van der Waals surface area contributed by atoms with Crippen LogP contribution in [0.3, 0.4) is 0 Å². The second-order valence-corrected chi connectivity index (χ2v) is 6.42. The lowest BCUT2D eigenvalue weighted by Crippen LogP contribution is -2.47. The molecule has 0 aromatic carbocycles. The Kier molecular flexibility index (Phi) is 8.97. The number of hydrogen-bond donors (Lipinski definition) is 2. The minimum Gasteiger partial charge on any atom is -0.359 e. The SMILES string of the molecule is CN=C(NCC(C)(C)C(=O)NC)N(C)Cc1cc(Cl)cn1C.I. The number of aliphatic imine (C=N–C) groups is 1. The van der Waals surface area contributed by atoms with Gasteiger partial charge in [0.05, 0.1) is 17.0 Å². The fraction of sp³-hybridized carbons (Fsp3) is 0.600. The Bertz CT molecular complexity index is 556. The summed E-state index contributed by atoms with van der Waals surface area (Å²) < 4.78 is 1.99. The molecule has 0 aliphatic carbocycles. The predicted octanol–water partition coefficient (Wildman–Crippen LogP) is 2.08. The van der Waals surface area contributed by atoms with Crippen LogP contribution in [0.25, 0.3) is 0 Å². The van der Waals surface area contributed by atoms with E-state index in [9.17, 15) is 4.79 Å². The first-order valence-corrected chi connectivity index (χ1v) is 7.53. The summed E-state index contributed by atoms with van der Waals surface area (Å²) in [6.45, 7) is 4.95. The molecule has 132 valence electrons. The first kappa shape index (κ1) is 22.0. The molecule has 1 aromatic rings. The molecule has 0 unspecified atom stereocenters. The van der Waals surface area contributed by atoms with Crippen molar-refractivity contribution in [2.24, 2.45) is 17.5 Å². The van der Waals surface area contributed by atoms with Crippen molar-refractivity contribution in [1.82, 2.24) is 20.1 Å². The van der Waals surface area contributed by atoms with E-state index in [0.717, 1.165) is 16.7 Å². The first-order chi connectivity index (χ1) is 10.2. The Morgan fingerprint density at radius 1 is 1.48 bits per heavy atom. The molecule has 1 amide bonds. The average molecular weight is 456 g/mol. The molecular weight excluding hydrogens is 429 g/mol. The summed E-state index contributed by atoms with van der Waals surface area (Å²) in [4.78, 5) is 18.1. The van der Waals surface area contributed by atoms with E-state index >= 15 is 0 Å². The number of aryl methyl sites for hydroxylation is 1. The maximum atomic E-state index is 11.8. The third kappa shape index (κ3) is 6.21. The number of hydrogen-bond acceptors (Lipinski definition) is 2. The highest BCUT2D eigenvalue weighted by molar-refractivity contribution is 14.0. The lowest BCUT2D eigenvalue weighted by Gasteiger charge is -2.27. The molecule has 0 bridgehead atoms. The van der Waals surface area contributed by atoms with Gasteiger partial charge in [-0.25, -0.2) is 0 Å². The minimum absolute atomic E-state index is 0. The molecule has 0 aliphatic rings. The van der Waals surface area contributed by atoms with Crippen LogP contribution in [0.1, 0.15) is 19.5 Å². The number of carbonyl (C=O) groups is 1. The van der Waals surface area contributed by atoms with Gasteiger partial charge in [0.2, 0.25) is 5.91 Å². The Labute approximate surface area is 160 Å². The van der Waals surface area contributed by atoms with Crippen LogP contribution in [0.5, 0.6) is 0 Å². The number of amides is 1. The Morgan fingerprint density at radius 3 is 2.52 bits per heavy atom. The molecule has 1 heterocycles. The van der Waals surface area contributed by atoms with Gasteiger partial charge < -0.3 is 20.1 Å². The topological polar surface area (TPSA) is 61.7 Å². The van der Waals surface area contributed by atoms with Crippen molar-refractivity contribution in [3.05, 3.63) is 23.0 Å². The number of nitrogens with one attached hydrogen (secondary N) is 2. The van der Waals surface area contributed by atoms with Gasteiger partial charge in [-0.1, -0.05) is 11.6 Å². The second-order valence-electron chi connectivity index (χ2n) is 5.98. The highest BCUT2D eigenvalue weighted by Crippen LogP contribution is 2.15. The summed E-state index contributed by atoms with van der Waals surface area (Å²) in [5.41, 5.74) is 0.570. The fourth-order valence-corrected chi connectivity index (χ4v) is 2.42. The van der Waals surface area contributed by atoms with Gasteiger partial charge in [-0.05, 0) is 19.9 Å². The van der Waals surface area contributed by atoms with E-state index in [-0.39, 0.29) is 29.9 Å². The van der Waals surface area contributed by atoms with Crippen LogP contribution in [0.4, 0.5) is 0 Å². The highest BCUT2D eigenvalue weighted by Gasteiger charge is 2.27. The summed E-state index contributed by atoms with van der Waals surface area (Å²) in [6.07, 6.45) is 1.87. The van der Waals surface area contributed by atoms with Crippen molar-refractivity contribution in [3.8, 4) is 0 Å². The number of guanidine groups is 1. The molecule has 0 saturated heterocycles. The smallest absolute Gasteiger partial charge is 0.227 e. The lowest BCUT2D eigenvalue weighted by atomic mass is 9.92. The number of nitrogens with zero attached hydrogens (tertiary/aromatic N) is 3. The van der Waals surface area contributed by atoms with Gasteiger partial charge in [0.25, 0.3) is 0 Å². The fourth-order valence-electron chi connectivity index (χ4n) is 2.14. The third-order valence-electron chi connectivity index (χ3n) is 3.58. The molecule has 2 N–H and O–H groups in total.